The Morgan fingerprint density at radius 1 is 1.09 bits per heavy atom. The molecule has 1 saturated carbocycles. The van der Waals surface area contributed by atoms with Gasteiger partial charge in [-0.1, -0.05) is 0 Å². The average Bonchev–Trinajstić information content (AvgIpc) is 3.13. The second-order valence-electron chi connectivity index (χ2n) is 11.2. The molecular weight excluding hydrogens is 432 g/mol. The Morgan fingerprint density at radius 3 is 2.26 bits per heavy atom. The summed E-state index contributed by atoms with van der Waals surface area (Å²) in [5.74, 6) is 0.611. The van der Waals surface area contributed by atoms with E-state index in [1.165, 1.54) is 12.1 Å². The van der Waals surface area contributed by atoms with E-state index in [4.69, 9.17) is 19.3 Å². The van der Waals surface area contributed by atoms with Crippen molar-refractivity contribution in [2.24, 2.45) is 0 Å². The number of hydrogen-bond acceptors (Lipinski definition) is 6. The number of aryl methyl sites for hydroxylation is 1. The van der Waals surface area contributed by atoms with Gasteiger partial charge in [0.25, 0.3) is 0 Å². The lowest BCUT2D eigenvalue weighted by Gasteiger charge is -2.58. The first-order chi connectivity index (χ1) is 16.1. The van der Waals surface area contributed by atoms with Crippen LogP contribution < -0.4 is 4.90 Å². The largest absolute Gasteiger partial charge is 0.444 e. The van der Waals surface area contributed by atoms with E-state index < -0.39 is 11.4 Å². The van der Waals surface area contributed by atoms with Crippen molar-refractivity contribution in [3.63, 3.8) is 0 Å². The van der Waals surface area contributed by atoms with Crippen molar-refractivity contribution in [1.82, 2.24) is 14.7 Å². The minimum atomic E-state index is -0.466. The van der Waals surface area contributed by atoms with E-state index in [1.807, 2.05) is 25.7 Å². The lowest BCUT2D eigenvalue weighted by atomic mass is 9.68. The molecule has 34 heavy (non-hydrogen) atoms. The number of carbonyl (C=O) groups is 1. The molecule has 1 aliphatic carbocycles. The molecule has 0 unspecified atom stereocenters. The third kappa shape index (κ3) is 5.08. The Morgan fingerprint density at radius 2 is 1.74 bits per heavy atom. The number of rotatable bonds is 6. The highest BCUT2D eigenvalue weighted by atomic mass is 16.7. The minimum absolute atomic E-state index is 0.0777. The number of anilines is 1. The third-order valence-corrected chi connectivity index (χ3v) is 7.63. The minimum Gasteiger partial charge on any atom is -0.444 e. The number of carbonyl (C=O) groups excluding carboxylic acids is 1. The molecule has 2 aliphatic heterocycles. The lowest BCUT2D eigenvalue weighted by molar-refractivity contribution is -0.258. The van der Waals surface area contributed by atoms with Crippen molar-refractivity contribution >= 4 is 11.9 Å². The molecule has 1 spiro atoms. The number of nitrogens with zero attached hydrogens (tertiary/aromatic N) is 4. The molecule has 4 rings (SSSR count). The fraction of sp³-hybridized carbons (Fsp3) is 0.846. The molecule has 1 amide bonds. The topological polar surface area (TPSA) is 69.1 Å². The molecule has 0 N–H and O–H groups in total. The first-order valence-corrected chi connectivity index (χ1v) is 13.2. The van der Waals surface area contributed by atoms with E-state index in [0.717, 1.165) is 50.9 Å². The van der Waals surface area contributed by atoms with Gasteiger partial charge in [-0.15, -0.1) is 0 Å². The zero-order valence-corrected chi connectivity index (χ0v) is 22.1. The van der Waals surface area contributed by atoms with Crippen molar-refractivity contribution in [2.75, 3.05) is 37.7 Å². The van der Waals surface area contributed by atoms with Crippen molar-refractivity contribution < 1.29 is 19.0 Å². The third-order valence-electron chi connectivity index (χ3n) is 7.63. The van der Waals surface area contributed by atoms with Crippen LogP contribution in [-0.4, -0.2) is 70.5 Å². The molecule has 3 fully saturated rings. The summed E-state index contributed by atoms with van der Waals surface area (Å²) in [7, 11) is 0. The molecule has 3 aliphatic rings. The number of aromatic nitrogens is 2. The van der Waals surface area contributed by atoms with E-state index in [-0.39, 0.29) is 11.6 Å². The van der Waals surface area contributed by atoms with Gasteiger partial charge in [-0.3, -0.25) is 4.68 Å². The molecule has 0 atom stereocenters. The summed E-state index contributed by atoms with van der Waals surface area (Å²) in [6.07, 6.45) is 6.90. The van der Waals surface area contributed by atoms with Crippen molar-refractivity contribution in [3.05, 3.63) is 11.8 Å². The van der Waals surface area contributed by atoms with Gasteiger partial charge < -0.3 is 24.0 Å². The van der Waals surface area contributed by atoms with Crippen LogP contribution in [0.2, 0.25) is 0 Å². The lowest BCUT2D eigenvalue weighted by Crippen LogP contribution is -2.64. The molecule has 2 saturated heterocycles. The maximum Gasteiger partial charge on any atom is 0.410 e. The Hall–Kier alpha value is -1.80. The van der Waals surface area contributed by atoms with E-state index in [9.17, 15) is 4.79 Å². The van der Waals surface area contributed by atoms with Crippen LogP contribution in [0.15, 0.2) is 6.07 Å². The molecule has 8 heteroatoms. The van der Waals surface area contributed by atoms with Crippen LogP contribution in [0.1, 0.15) is 91.3 Å². The molecular formula is C26H44N4O4. The van der Waals surface area contributed by atoms with Crippen molar-refractivity contribution in [1.29, 1.82) is 0 Å². The zero-order valence-electron chi connectivity index (χ0n) is 22.1. The highest BCUT2D eigenvalue weighted by Gasteiger charge is 2.54. The normalized spacial score (nSPS) is 22.6. The Labute approximate surface area is 204 Å². The summed E-state index contributed by atoms with van der Waals surface area (Å²) in [4.78, 5) is 16.8. The maximum atomic E-state index is 12.4. The Balaban J connectivity index is 1.45. The van der Waals surface area contributed by atoms with Crippen molar-refractivity contribution in [2.45, 2.75) is 109 Å². The van der Waals surface area contributed by atoms with Gasteiger partial charge in [0.05, 0.1) is 6.04 Å². The molecule has 1 aromatic rings. The van der Waals surface area contributed by atoms with Gasteiger partial charge in [-0.05, 0) is 73.6 Å². The van der Waals surface area contributed by atoms with Crippen LogP contribution in [0.25, 0.3) is 0 Å². The SMILES string of the molecule is CCOC1(OCC)CCN(c2cc(C)n(C3CCN(C(=O)OC(C)(C)C)CC3)n2)C2(CCC2)C1. The summed E-state index contributed by atoms with van der Waals surface area (Å²) in [5.41, 5.74) is 0.801. The first kappa shape index (κ1) is 25.3. The van der Waals surface area contributed by atoms with Crippen LogP contribution in [0.4, 0.5) is 10.6 Å². The molecule has 1 aromatic heterocycles. The second-order valence-corrected chi connectivity index (χ2v) is 11.2. The van der Waals surface area contributed by atoms with Gasteiger partial charge in [0.1, 0.15) is 5.60 Å². The highest BCUT2D eigenvalue weighted by molar-refractivity contribution is 5.68. The summed E-state index contributed by atoms with van der Waals surface area (Å²) in [6, 6.07) is 2.55. The van der Waals surface area contributed by atoms with E-state index in [1.54, 1.807) is 0 Å². The van der Waals surface area contributed by atoms with Crippen LogP contribution in [-0.2, 0) is 14.2 Å². The molecule has 8 nitrogen and oxygen atoms in total. The number of amides is 1. The molecule has 0 radical (unpaired) electrons. The zero-order chi connectivity index (χ0) is 24.6. The number of likely N-dealkylation sites (tertiary alicyclic amines) is 1. The molecule has 192 valence electrons. The standard InChI is InChI=1S/C26H44N4O4/c1-7-32-26(33-8-2)14-17-29(25(19-26)12-9-13-25)22-18-20(3)30(27-22)21-10-15-28(16-11-21)23(31)34-24(4,5)6/h18,21H,7-17,19H2,1-6H3. The van der Waals surface area contributed by atoms with Gasteiger partial charge in [0, 0.05) is 63.0 Å². The van der Waals surface area contributed by atoms with Crippen LogP contribution in [0.5, 0.6) is 0 Å². The Bertz CT molecular complexity index is 843. The van der Waals surface area contributed by atoms with Crippen LogP contribution in [0, 0.1) is 6.92 Å². The maximum absolute atomic E-state index is 12.4. The first-order valence-electron chi connectivity index (χ1n) is 13.2. The molecule has 3 heterocycles. The van der Waals surface area contributed by atoms with E-state index in [0.29, 0.717) is 32.3 Å². The summed E-state index contributed by atoms with van der Waals surface area (Å²) < 4.78 is 20.1. The molecule has 0 aromatic carbocycles. The van der Waals surface area contributed by atoms with Gasteiger partial charge >= 0.3 is 6.09 Å². The quantitative estimate of drug-likeness (QED) is 0.535. The fourth-order valence-electron chi connectivity index (χ4n) is 6.00. The average molecular weight is 477 g/mol. The highest BCUT2D eigenvalue weighted by Crippen LogP contribution is 2.50. The van der Waals surface area contributed by atoms with Gasteiger partial charge in [0.15, 0.2) is 11.6 Å². The molecule has 0 bridgehead atoms. The summed E-state index contributed by atoms with van der Waals surface area (Å²) >= 11 is 0. The predicted octanol–water partition coefficient (Wildman–Crippen LogP) is 5.06. The second kappa shape index (κ2) is 9.69. The van der Waals surface area contributed by atoms with Crippen molar-refractivity contribution in [3.8, 4) is 0 Å². The van der Waals surface area contributed by atoms with Gasteiger partial charge in [0.2, 0.25) is 0 Å². The summed E-state index contributed by atoms with van der Waals surface area (Å²) in [5, 5.41) is 5.13. The predicted molar refractivity (Wildman–Crippen MR) is 132 cm³/mol. The smallest absolute Gasteiger partial charge is 0.410 e. The number of hydrogen-bond donors (Lipinski definition) is 0. The van der Waals surface area contributed by atoms with E-state index >= 15 is 0 Å². The number of ether oxygens (including phenoxy) is 3. The van der Waals surface area contributed by atoms with Crippen LogP contribution in [0.3, 0.4) is 0 Å². The van der Waals surface area contributed by atoms with Gasteiger partial charge in [-0.25, -0.2) is 4.79 Å². The monoisotopic (exact) mass is 476 g/mol. The summed E-state index contributed by atoms with van der Waals surface area (Å²) in [6.45, 7) is 15.6. The fourth-order valence-corrected chi connectivity index (χ4v) is 6.00. The number of piperidine rings is 2. The van der Waals surface area contributed by atoms with E-state index in [2.05, 4.69) is 36.4 Å². The Kier molecular flexibility index (Phi) is 7.21. The van der Waals surface area contributed by atoms with Gasteiger partial charge in [-0.2, -0.15) is 5.10 Å². The van der Waals surface area contributed by atoms with Crippen LogP contribution >= 0.6 is 0 Å².